The molecular weight excluding hydrogens is 369 g/mol. The van der Waals surface area contributed by atoms with Gasteiger partial charge < -0.3 is 9.80 Å². The number of nitrogens with zero attached hydrogens (tertiary/aromatic N) is 5. The fourth-order valence-corrected chi connectivity index (χ4v) is 4.96. The van der Waals surface area contributed by atoms with Crippen LogP contribution in [0.3, 0.4) is 0 Å². The largest absolute Gasteiger partial charge is 0.356 e. The normalized spacial score (nSPS) is 18.9. The molecule has 0 N–H and O–H groups in total. The maximum atomic E-state index is 13.1. The average Bonchev–Trinajstić information content (AvgIpc) is 3.23. The lowest BCUT2D eigenvalue weighted by molar-refractivity contribution is 0.383. The smallest absolute Gasteiger partial charge is 0.243 e. The van der Waals surface area contributed by atoms with Gasteiger partial charge in [0, 0.05) is 45.3 Å². The number of aromatic nitrogens is 2. The molecule has 2 saturated heterocycles. The van der Waals surface area contributed by atoms with Crippen LogP contribution >= 0.6 is 0 Å². The summed E-state index contributed by atoms with van der Waals surface area (Å²) in [5.74, 6) is 1.31. The first-order valence-electron chi connectivity index (χ1n) is 9.12. The lowest BCUT2D eigenvalue weighted by atomic mass is 10.3. The highest BCUT2D eigenvalue weighted by atomic mass is 32.2. The first kappa shape index (κ1) is 18.1. The van der Waals surface area contributed by atoms with Crippen LogP contribution in [0.5, 0.6) is 0 Å². The summed E-state index contributed by atoms with van der Waals surface area (Å²) in [7, 11) is -3.61. The van der Waals surface area contributed by atoms with Crippen LogP contribution in [0.15, 0.2) is 41.6 Å². The minimum atomic E-state index is -3.61. The van der Waals surface area contributed by atoms with Gasteiger partial charge in [0.05, 0.1) is 4.90 Å². The highest BCUT2D eigenvalue weighted by molar-refractivity contribution is 7.89. The molecule has 4 rings (SSSR count). The van der Waals surface area contributed by atoms with Crippen molar-refractivity contribution in [2.45, 2.75) is 17.7 Å². The third kappa shape index (κ3) is 3.74. The molecule has 0 radical (unpaired) electrons. The standard InChI is InChI=1S/C18H22FN5O2S/c19-15-3-5-16(6-4-15)27(25,26)24-11-9-23(10-12-24)18-13-17(20-14-21-18)22-7-1-2-8-22/h3-6,13-14H,1-2,7-12H2. The minimum absolute atomic E-state index is 0.121. The summed E-state index contributed by atoms with van der Waals surface area (Å²) >= 11 is 0. The summed E-state index contributed by atoms with van der Waals surface area (Å²) in [6, 6.07) is 6.94. The summed E-state index contributed by atoms with van der Waals surface area (Å²) in [5, 5.41) is 0. The van der Waals surface area contributed by atoms with Crippen molar-refractivity contribution in [3.05, 3.63) is 42.5 Å². The van der Waals surface area contributed by atoms with Gasteiger partial charge in [0.15, 0.2) is 0 Å². The Morgan fingerprint density at radius 2 is 1.37 bits per heavy atom. The number of hydrogen-bond acceptors (Lipinski definition) is 6. The van der Waals surface area contributed by atoms with Gasteiger partial charge in [-0.1, -0.05) is 0 Å². The highest BCUT2D eigenvalue weighted by Crippen LogP contribution is 2.24. The van der Waals surface area contributed by atoms with Crippen LogP contribution in [0, 0.1) is 5.82 Å². The topological polar surface area (TPSA) is 69.6 Å². The van der Waals surface area contributed by atoms with Crippen molar-refractivity contribution in [3.63, 3.8) is 0 Å². The molecule has 0 amide bonds. The predicted molar refractivity (Wildman–Crippen MR) is 101 cm³/mol. The highest BCUT2D eigenvalue weighted by Gasteiger charge is 2.29. The fourth-order valence-electron chi connectivity index (χ4n) is 3.54. The molecule has 144 valence electrons. The number of hydrogen-bond donors (Lipinski definition) is 0. The van der Waals surface area contributed by atoms with Crippen molar-refractivity contribution in [2.75, 3.05) is 49.1 Å². The van der Waals surface area contributed by atoms with E-state index in [2.05, 4.69) is 19.8 Å². The second-order valence-corrected chi connectivity index (χ2v) is 8.71. The Morgan fingerprint density at radius 1 is 0.815 bits per heavy atom. The van der Waals surface area contributed by atoms with Crippen LogP contribution < -0.4 is 9.80 Å². The molecular formula is C18H22FN5O2S. The molecule has 7 nitrogen and oxygen atoms in total. The van der Waals surface area contributed by atoms with Crippen LogP contribution in [0.1, 0.15) is 12.8 Å². The Labute approximate surface area is 158 Å². The van der Waals surface area contributed by atoms with E-state index in [1.165, 1.54) is 41.4 Å². The fraction of sp³-hybridized carbons (Fsp3) is 0.444. The first-order valence-corrected chi connectivity index (χ1v) is 10.6. The van der Waals surface area contributed by atoms with E-state index in [-0.39, 0.29) is 4.90 Å². The third-order valence-corrected chi connectivity index (χ3v) is 7.00. The van der Waals surface area contributed by atoms with Crippen molar-refractivity contribution in [1.29, 1.82) is 0 Å². The van der Waals surface area contributed by atoms with E-state index < -0.39 is 15.8 Å². The Morgan fingerprint density at radius 3 is 1.96 bits per heavy atom. The van der Waals surface area contributed by atoms with Gasteiger partial charge in [-0.05, 0) is 37.1 Å². The molecule has 1 aromatic carbocycles. The van der Waals surface area contributed by atoms with Crippen LogP contribution in [-0.4, -0.2) is 62.0 Å². The molecule has 2 aliphatic rings. The van der Waals surface area contributed by atoms with Crippen molar-refractivity contribution in [2.24, 2.45) is 0 Å². The molecule has 0 bridgehead atoms. The van der Waals surface area contributed by atoms with Gasteiger partial charge in [0.1, 0.15) is 23.8 Å². The van der Waals surface area contributed by atoms with Crippen molar-refractivity contribution in [3.8, 4) is 0 Å². The molecule has 2 fully saturated rings. The van der Waals surface area contributed by atoms with E-state index in [0.29, 0.717) is 26.2 Å². The van der Waals surface area contributed by atoms with E-state index >= 15 is 0 Å². The van der Waals surface area contributed by atoms with Gasteiger partial charge in [-0.2, -0.15) is 4.31 Å². The van der Waals surface area contributed by atoms with Crippen LogP contribution in [0.25, 0.3) is 0 Å². The monoisotopic (exact) mass is 391 g/mol. The summed E-state index contributed by atoms with van der Waals surface area (Å²) in [5.41, 5.74) is 0. The predicted octanol–water partition coefficient (Wildman–Crippen LogP) is 1.73. The molecule has 0 spiro atoms. The molecule has 0 aliphatic carbocycles. The summed E-state index contributed by atoms with van der Waals surface area (Å²) in [4.78, 5) is 13.2. The second kappa shape index (κ2) is 7.40. The van der Waals surface area contributed by atoms with E-state index in [1.54, 1.807) is 6.33 Å². The van der Waals surface area contributed by atoms with Crippen LogP contribution in [-0.2, 0) is 10.0 Å². The summed E-state index contributed by atoms with van der Waals surface area (Å²) < 4.78 is 40.0. The van der Waals surface area contributed by atoms with Crippen molar-refractivity contribution in [1.82, 2.24) is 14.3 Å². The van der Waals surface area contributed by atoms with Crippen molar-refractivity contribution >= 4 is 21.7 Å². The Balaban J connectivity index is 1.44. The zero-order chi connectivity index (χ0) is 18.9. The molecule has 0 saturated carbocycles. The van der Waals surface area contributed by atoms with Crippen molar-refractivity contribution < 1.29 is 12.8 Å². The zero-order valence-electron chi connectivity index (χ0n) is 15.0. The Kier molecular flexibility index (Phi) is 4.96. The number of rotatable bonds is 4. The molecule has 9 heteroatoms. The summed E-state index contributed by atoms with van der Waals surface area (Å²) in [6.07, 6.45) is 3.93. The van der Waals surface area contributed by atoms with E-state index in [9.17, 15) is 12.8 Å². The maximum absolute atomic E-state index is 13.1. The number of halogens is 1. The Hall–Kier alpha value is -2.26. The van der Waals surface area contributed by atoms with E-state index in [1.807, 2.05) is 6.07 Å². The van der Waals surface area contributed by atoms with Crippen LogP contribution in [0.4, 0.5) is 16.0 Å². The van der Waals surface area contributed by atoms with Gasteiger partial charge in [-0.15, -0.1) is 0 Å². The Bertz CT molecular complexity index is 892. The van der Waals surface area contributed by atoms with Crippen LogP contribution in [0.2, 0.25) is 0 Å². The quantitative estimate of drug-likeness (QED) is 0.791. The number of anilines is 2. The average molecular weight is 391 g/mol. The molecule has 27 heavy (non-hydrogen) atoms. The number of piperazine rings is 1. The minimum Gasteiger partial charge on any atom is -0.356 e. The molecule has 3 heterocycles. The van der Waals surface area contributed by atoms with E-state index in [0.717, 1.165) is 24.7 Å². The van der Waals surface area contributed by atoms with Gasteiger partial charge in [-0.3, -0.25) is 0 Å². The van der Waals surface area contributed by atoms with Gasteiger partial charge >= 0.3 is 0 Å². The third-order valence-electron chi connectivity index (χ3n) is 5.08. The molecule has 2 aromatic rings. The first-order chi connectivity index (χ1) is 13.0. The van der Waals surface area contributed by atoms with Gasteiger partial charge in [-0.25, -0.2) is 22.8 Å². The number of benzene rings is 1. The molecule has 0 atom stereocenters. The van der Waals surface area contributed by atoms with Gasteiger partial charge in [0.25, 0.3) is 0 Å². The SMILES string of the molecule is O=S(=O)(c1ccc(F)cc1)N1CCN(c2cc(N3CCCC3)ncn2)CC1. The summed E-state index contributed by atoms with van der Waals surface area (Å²) in [6.45, 7) is 3.86. The lowest BCUT2D eigenvalue weighted by Gasteiger charge is -2.34. The van der Waals surface area contributed by atoms with E-state index in [4.69, 9.17) is 0 Å². The maximum Gasteiger partial charge on any atom is 0.243 e. The zero-order valence-corrected chi connectivity index (χ0v) is 15.8. The molecule has 2 aliphatic heterocycles. The lowest BCUT2D eigenvalue weighted by Crippen LogP contribution is -2.49. The molecule has 0 unspecified atom stereocenters. The van der Waals surface area contributed by atoms with Gasteiger partial charge in [0.2, 0.25) is 10.0 Å². The number of sulfonamides is 1. The molecule has 1 aromatic heterocycles. The second-order valence-electron chi connectivity index (χ2n) is 6.77.